The monoisotopic (exact) mass is 292 g/mol. The first-order valence-corrected chi connectivity index (χ1v) is 8.77. The average molecular weight is 292 g/mol. The number of fused-ring (bicyclic) bond motifs is 1. The number of piperidine rings is 1. The van der Waals surface area contributed by atoms with Gasteiger partial charge in [0.05, 0.1) is 5.92 Å². The number of nitrogens with one attached hydrogen (secondary N) is 2. The van der Waals surface area contributed by atoms with Crippen LogP contribution in [0.3, 0.4) is 0 Å². The second kappa shape index (κ2) is 6.72. The Hall–Kier alpha value is -0.870. The van der Waals surface area contributed by atoms with Crippen molar-refractivity contribution in [1.29, 1.82) is 0 Å². The van der Waals surface area contributed by atoms with Gasteiger partial charge in [0.1, 0.15) is 0 Å². The van der Waals surface area contributed by atoms with Crippen LogP contribution in [0.4, 0.5) is 0 Å². The zero-order chi connectivity index (χ0) is 13.8. The minimum Gasteiger partial charge on any atom is -0.356 e. The van der Waals surface area contributed by atoms with Crippen LogP contribution in [-0.2, 0) is 11.2 Å². The van der Waals surface area contributed by atoms with E-state index in [4.69, 9.17) is 0 Å². The van der Waals surface area contributed by atoms with Crippen LogP contribution in [0.1, 0.15) is 48.5 Å². The molecular weight excluding hydrogens is 268 g/mol. The highest BCUT2D eigenvalue weighted by Crippen LogP contribution is 2.34. The van der Waals surface area contributed by atoms with Crippen LogP contribution < -0.4 is 10.6 Å². The number of rotatable bonds is 4. The summed E-state index contributed by atoms with van der Waals surface area (Å²) in [6, 6.07) is 2.15. The molecule has 0 radical (unpaired) electrons. The zero-order valence-corrected chi connectivity index (χ0v) is 12.8. The fraction of sp³-hybridized carbons (Fsp3) is 0.688. The SMILES string of the molecule is O=C(NCCC1CCCNC1)C1CCCc2sccc21. The summed E-state index contributed by atoms with van der Waals surface area (Å²) in [6.07, 6.45) is 7.02. The van der Waals surface area contributed by atoms with Gasteiger partial charge in [-0.1, -0.05) is 0 Å². The van der Waals surface area contributed by atoms with Crippen LogP contribution in [0.2, 0.25) is 0 Å². The van der Waals surface area contributed by atoms with E-state index in [1.54, 1.807) is 11.3 Å². The van der Waals surface area contributed by atoms with Crippen LogP contribution in [0.25, 0.3) is 0 Å². The van der Waals surface area contributed by atoms with Gasteiger partial charge in [0.2, 0.25) is 5.91 Å². The van der Waals surface area contributed by atoms with Crippen molar-refractivity contribution in [2.75, 3.05) is 19.6 Å². The largest absolute Gasteiger partial charge is 0.356 e. The van der Waals surface area contributed by atoms with E-state index in [2.05, 4.69) is 22.1 Å². The number of amides is 1. The number of hydrogen-bond donors (Lipinski definition) is 2. The van der Waals surface area contributed by atoms with E-state index in [0.29, 0.717) is 0 Å². The Morgan fingerprint density at radius 3 is 3.20 bits per heavy atom. The van der Waals surface area contributed by atoms with Crippen molar-refractivity contribution in [2.45, 2.75) is 44.4 Å². The average Bonchev–Trinajstić information content (AvgIpc) is 2.96. The van der Waals surface area contributed by atoms with Gasteiger partial charge in [-0.3, -0.25) is 4.79 Å². The Morgan fingerprint density at radius 2 is 2.35 bits per heavy atom. The first-order valence-electron chi connectivity index (χ1n) is 7.89. The molecule has 110 valence electrons. The molecule has 2 unspecified atom stereocenters. The third-order valence-electron chi connectivity index (χ3n) is 4.62. The minimum absolute atomic E-state index is 0.106. The van der Waals surface area contributed by atoms with Crippen molar-refractivity contribution in [3.8, 4) is 0 Å². The van der Waals surface area contributed by atoms with Crippen LogP contribution in [0, 0.1) is 5.92 Å². The minimum atomic E-state index is 0.106. The van der Waals surface area contributed by atoms with Crippen molar-refractivity contribution >= 4 is 17.2 Å². The lowest BCUT2D eigenvalue weighted by molar-refractivity contribution is -0.122. The standard InChI is InChI=1S/C16H24N2OS/c19-16(18-9-6-12-3-2-8-17-11-12)14-4-1-5-15-13(14)7-10-20-15/h7,10,12,14,17H,1-6,8-9,11H2,(H,18,19). The summed E-state index contributed by atoms with van der Waals surface area (Å²) in [5, 5.41) is 8.73. The van der Waals surface area contributed by atoms with Gasteiger partial charge in [-0.15, -0.1) is 11.3 Å². The van der Waals surface area contributed by atoms with E-state index >= 15 is 0 Å². The highest BCUT2D eigenvalue weighted by atomic mass is 32.1. The smallest absolute Gasteiger partial charge is 0.227 e. The predicted molar refractivity (Wildman–Crippen MR) is 83.2 cm³/mol. The van der Waals surface area contributed by atoms with Gasteiger partial charge in [-0.05, 0) is 74.5 Å². The molecule has 4 heteroatoms. The lowest BCUT2D eigenvalue weighted by Crippen LogP contribution is -2.35. The van der Waals surface area contributed by atoms with Gasteiger partial charge < -0.3 is 10.6 Å². The maximum absolute atomic E-state index is 12.4. The highest BCUT2D eigenvalue weighted by Gasteiger charge is 2.27. The van der Waals surface area contributed by atoms with Crippen LogP contribution in [0.15, 0.2) is 11.4 Å². The zero-order valence-electron chi connectivity index (χ0n) is 12.0. The molecule has 1 aliphatic carbocycles. The number of aryl methyl sites for hydroxylation is 1. The maximum Gasteiger partial charge on any atom is 0.227 e. The third kappa shape index (κ3) is 3.23. The summed E-state index contributed by atoms with van der Waals surface area (Å²) >= 11 is 1.80. The Morgan fingerprint density at radius 1 is 1.40 bits per heavy atom. The number of carbonyl (C=O) groups excluding carboxylic acids is 1. The molecule has 0 aromatic carbocycles. The molecule has 1 amide bonds. The van der Waals surface area contributed by atoms with Gasteiger partial charge in [0.15, 0.2) is 0 Å². The molecule has 1 aromatic heterocycles. The first kappa shape index (κ1) is 14.1. The molecule has 2 atom stereocenters. The highest BCUT2D eigenvalue weighted by molar-refractivity contribution is 7.10. The summed E-state index contributed by atoms with van der Waals surface area (Å²) < 4.78 is 0. The second-order valence-electron chi connectivity index (χ2n) is 6.04. The molecule has 2 aliphatic rings. The van der Waals surface area contributed by atoms with Gasteiger partial charge in [-0.25, -0.2) is 0 Å². The molecule has 1 aliphatic heterocycles. The molecule has 3 nitrogen and oxygen atoms in total. The molecular formula is C16H24N2OS. The number of hydrogen-bond acceptors (Lipinski definition) is 3. The quantitative estimate of drug-likeness (QED) is 0.896. The molecule has 1 saturated heterocycles. The van der Waals surface area contributed by atoms with E-state index in [0.717, 1.165) is 51.2 Å². The topological polar surface area (TPSA) is 41.1 Å². The van der Waals surface area contributed by atoms with E-state index in [9.17, 15) is 4.79 Å². The molecule has 0 spiro atoms. The lowest BCUT2D eigenvalue weighted by atomic mass is 9.87. The predicted octanol–water partition coefficient (Wildman–Crippen LogP) is 2.67. The summed E-state index contributed by atoms with van der Waals surface area (Å²) in [4.78, 5) is 13.8. The Bertz CT molecular complexity index is 451. The molecule has 20 heavy (non-hydrogen) atoms. The van der Waals surface area contributed by atoms with Gasteiger partial charge in [0.25, 0.3) is 0 Å². The fourth-order valence-corrected chi connectivity index (χ4v) is 4.44. The molecule has 0 saturated carbocycles. The summed E-state index contributed by atoms with van der Waals surface area (Å²) in [5.74, 6) is 1.09. The Balaban J connectivity index is 1.48. The fourth-order valence-electron chi connectivity index (χ4n) is 3.45. The van der Waals surface area contributed by atoms with Crippen LogP contribution in [-0.4, -0.2) is 25.5 Å². The Labute approximate surface area is 125 Å². The third-order valence-corrected chi connectivity index (χ3v) is 5.62. The molecule has 2 N–H and O–H groups in total. The van der Waals surface area contributed by atoms with Gasteiger partial charge >= 0.3 is 0 Å². The van der Waals surface area contributed by atoms with Gasteiger partial charge in [0, 0.05) is 11.4 Å². The Kier molecular flexibility index (Phi) is 4.73. The number of thiophene rings is 1. The maximum atomic E-state index is 12.4. The molecule has 1 aromatic rings. The van der Waals surface area contributed by atoms with Crippen LogP contribution in [0.5, 0.6) is 0 Å². The molecule has 0 bridgehead atoms. The first-order chi connectivity index (χ1) is 9.84. The number of carbonyl (C=O) groups is 1. The van der Waals surface area contributed by atoms with Crippen molar-refractivity contribution in [2.24, 2.45) is 5.92 Å². The molecule has 1 fully saturated rings. The van der Waals surface area contributed by atoms with Crippen molar-refractivity contribution in [3.63, 3.8) is 0 Å². The lowest BCUT2D eigenvalue weighted by Gasteiger charge is -2.24. The van der Waals surface area contributed by atoms with E-state index in [-0.39, 0.29) is 11.8 Å². The van der Waals surface area contributed by atoms with Crippen molar-refractivity contribution in [1.82, 2.24) is 10.6 Å². The normalized spacial score (nSPS) is 26.0. The summed E-state index contributed by atoms with van der Waals surface area (Å²) in [7, 11) is 0. The van der Waals surface area contributed by atoms with E-state index in [1.165, 1.54) is 23.3 Å². The second-order valence-corrected chi connectivity index (χ2v) is 7.04. The van der Waals surface area contributed by atoms with Crippen molar-refractivity contribution in [3.05, 3.63) is 21.9 Å². The van der Waals surface area contributed by atoms with E-state index in [1.807, 2.05) is 0 Å². The van der Waals surface area contributed by atoms with Gasteiger partial charge in [-0.2, -0.15) is 0 Å². The molecule has 3 rings (SSSR count). The van der Waals surface area contributed by atoms with Crippen molar-refractivity contribution < 1.29 is 4.79 Å². The summed E-state index contributed by atoms with van der Waals surface area (Å²) in [5.41, 5.74) is 1.29. The summed E-state index contributed by atoms with van der Waals surface area (Å²) in [6.45, 7) is 3.11. The molecule has 2 heterocycles. The van der Waals surface area contributed by atoms with Crippen LogP contribution >= 0.6 is 11.3 Å². The van der Waals surface area contributed by atoms with E-state index < -0.39 is 0 Å².